The number of aryl methyl sites for hydroxylation is 1. The Balaban J connectivity index is 1.91. The molecule has 1 aliphatic heterocycles. The second-order valence-corrected chi connectivity index (χ2v) is 4.66. The van der Waals surface area contributed by atoms with Gasteiger partial charge in [-0.15, -0.1) is 0 Å². The average molecular weight is 260 g/mol. The number of hydrogen-bond acceptors (Lipinski definition) is 5. The lowest BCUT2D eigenvalue weighted by molar-refractivity contribution is 0.511. The summed E-state index contributed by atoms with van der Waals surface area (Å²) in [6.07, 6.45) is 4.70. The first kappa shape index (κ1) is 11.9. The highest BCUT2D eigenvalue weighted by molar-refractivity contribution is 5.35. The third-order valence-corrected chi connectivity index (χ3v) is 3.34. The van der Waals surface area contributed by atoms with Gasteiger partial charge in [-0.1, -0.05) is 0 Å². The fourth-order valence-electron chi connectivity index (χ4n) is 2.38. The molecule has 0 atom stereocenters. The molecule has 0 bridgehead atoms. The van der Waals surface area contributed by atoms with Crippen molar-refractivity contribution in [2.45, 2.75) is 32.4 Å². The van der Waals surface area contributed by atoms with E-state index in [4.69, 9.17) is 5.84 Å². The first-order valence-electron chi connectivity index (χ1n) is 6.36. The van der Waals surface area contributed by atoms with E-state index < -0.39 is 0 Å². The zero-order chi connectivity index (χ0) is 13.2. The molecule has 2 aromatic heterocycles. The molecule has 3 rings (SSSR count). The number of hydrogen-bond donors (Lipinski definition) is 2. The van der Waals surface area contributed by atoms with E-state index in [1.807, 2.05) is 12.1 Å². The molecule has 7 nitrogen and oxygen atoms in total. The van der Waals surface area contributed by atoms with Crippen LogP contribution in [-0.4, -0.2) is 19.3 Å². The second kappa shape index (κ2) is 4.85. The van der Waals surface area contributed by atoms with Crippen LogP contribution in [0.3, 0.4) is 0 Å². The maximum atomic E-state index is 12.2. The Kier molecular flexibility index (Phi) is 3.04. The lowest BCUT2D eigenvalue weighted by atomic mass is 10.2. The molecule has 0 radical (unpaired) electrons. The van der Waals surface area contributed by atoms with Gasteiger partial charge in [0.15, 0.2) is 0 Å². The molecule has 0 amide bonds. The van der Waals surface area contributed by atoms with Gasteiger partial charge in [0.25, 0.3) is 0 Å². The van der Waals surface area contributed by atoms with Gasteiger partial charge in [0.05, 0.1) is 6.54 Å². The van der Waals surface area contributed by atoms with E-state index in [1.165, 1.54) is 4.68 Å². The van der Waals surface area contributed by atoms with E-state index in [0.717, 1.165) is 37.2 Å². The predicted molar refractivity (Wildman–Crippen MR) is 70.6 cm³/mol. The lowest BCUT2D eigenvalue weighted by Gasteiger charge is -2.09. The molecule has 0 aliphatic carbocycles. The summed E-state index contributed by atoms with van der Waals surface area (Å²) in [5.74, 6) is 6.79. The Morgan fingerprint density at radius 1 is 1.42 bits per heavy atom. The first-order valence-corrected chi connectivity index (χ1v) is 6.36. The van der Waals surface area contributed by atoms with Crippen molar-refractivity contribution in [3.8, 4) is 0 Å². The fourth-order valence-corrected chi connectivity index (χ4v) is 2.38. The van der Waals surface area contributed by atoms with Crippen LogP contribution in [0.4, 0.5) is 5.82 Å². The molecule has 0 spiro atoms. The Labute approximate surface area is 110 Å². The van der Waals surface area contributed by atoms with Gasteiger partial charge in [-0.25, -0.2) is 20.3 Å². The van der Waals surface area contributed by atoms with Crippen LogP contribution in [0.5, 0.6) is 0 Å². The van der Waals surface area contributed by atoms with E-state index in [2.05, 4.69) is 15.5 Å². The van der Waals surface area contributed by atoms with Crippen LogP contribution < -0.4 is 17.0 Å². The highest BCUT2D eigenvalue weighted by Gasteiger charge is 2.16. The average Bonchev–Trinajstić information content (AvgIpc) is 2.76. The molecule has 7 heteroatoms. The smallest absolute Gasteiger partial charge is 0.308 e. The van der Waals surface area contributed by atoms with E-state index in [1.54, 1.807) is 10.8 Å². The Morgan fingerprint density at radius 3 is 3.11 bits per heavy atom. The SMILES string of the molecule is NNc1cc(Cn2nc3n(c2=O)CCCC3)ccn1. The minimum atomic E-state index is -0.0335. The zero-order valence-electron chi connectivity index (χ0n) is 10.5. The summed E-state index contributed by atoms with van der Waals surface area (Å²) in [5, 5.41) is 4.40. The highest BCUT2D eigenvalue weighted by atomic mass is 16.2. The van der Waals surface area contributed by atoms with Crippen molar-refractivity contribution in [2.24, 2.45) is 5.84 Å². The maximum Gasteiger partial charge on any atom is 0.346 e. The molecule has 100 valence electrons. The van der Waals surface area contributed by atoms with Gasteiger partial charge in [0.1, 0.15) is 11.6 Å². The van der Waals surface area contributed by atoms with E-state index in [0.29, 0.717) is 12.4 Å². The predicted octanol–water partition coefficient (Wildman–Crippen LogP) is 0.110. The minimum absolute atomic E-state index is 0.0335. The summed E-state index contributed by atoms with van der Waals surface area (Å²) in [5.41, 5.74) is 3.40. The number of fused-ring (bicyclic) bond motifs is 1. The molecule has 0 fully saturated rings. The van der Waals surface area contributed by atoms with Crippen LogP contribution in [0.25, 0.3) is 0 Å². The van der Waals surface area contributed by atoms with E-state index in [-0.39, 0.29) is 5.69 Å². The van der Waals surface area contributed by atoms with Crippen molar-refractivity contribution in [2.75, 3.05) is 5.43 Å². The van der Waals surface area contributed by atoms with Crippen molar-refractivity contribution in [3.05, 3.63) is 40.2 Å². The number of anilines is 1. The summed E-state index contributed by atoms with van der Waals surface area (Å²) < 4.78 is 3.28. The van der Waals surface area contributed by atoms with Gasteiger partial charge in [-0.3, -0.25) is 4.57 Å². The monoisotopic (exact) mass is 260 g/mol. The summed E-state index contributed by atoms with van der Waals surface area (Å²) in [6.45, 7) is 1.22. The largest absolute Gasteiger partial charge is 0.346 e. The van der Waals surface area contributed by atoms with Crippen LogP contribution >= 0.6 is 0 Å². The van der Waals surface area contributed by atoms with Gasteiger partial charge in [0.2, 0.25) is 0 Å². The molecule has 19 heavy (non-hydrogen) atoms. The Morgan fingerprint density at radius 2 is 2.32 bits per heavy atom. The van der Waals surface area contributed by atoms with Gasteiger partial charge in [0, 0.05) is 19.2 Å². The molecule has 1 aliphatic rings. The Bertz CT molecular complexity index is 644. The number of aromatic nitrogens is 4. The molecule has 2 aromatic rings. The lowest BCUT2D eigenvalue weighted by Crippen LogP contribution is -2.27. The number of nitrogens with one attached hydrogen (secondary N) is 1. The molecule has 3 N–H and O–H groups in total. The van der Waals surface area contributed by atoms with Crippen molar-refractivity contribution < 1.29 is 0 Å². The summed E-state index contributed by atoms with van der Waals surface area (Å²) in [6, 6.07) is 3.66. The third kappa shape index (κ3) is 2.24. The van der Waals surface area contributed by atoms with Crippen LogP contribution in [0, 0.1) is 0 Å². The van der Waals surface area contributed by atoms with Crippen LogP contribution in [0.1, 0.15) is 24.2 Å². The number of rotatable bonds is 3. The van der Waals surface area contributed by atoms with E-state index >= 15 is 0 Å². The third-order valence-electron chi connectivity index (χ3n) is 3.34. The number of nitrogen functional groups attached to an aromatic ring is 1. The molecule has 0 unspecified atom stereocenters. The van der Waals surface area contributed by atoms with Gasteiger partial charge in [-0.2, -0.15) is 5.10 Å². The summed E-state index contributed by atoms with van der Waals surface area (Å²) in [4.78, 5) is 16.2. The van der Waals surface area contributed by atoms with Crippen molar-refractivity contribution >= 4 is 5.82 Å². The first-order chi connectivity index (χ1) is 9.28. The number of hydrazine groups is 1. The van der Waals surface area contributed by atoms with Gasteiger partial charge < -0.3 is 5.43 Å². The molecule has 3 heterocycles. The molecular weight excluding hydrogens is 244 g/mol. The topological polar surface area (TPSA) is 90.8 Å². The highest BCUT2D eigenvalue weighted by Crippen LogP contribution is 2.11. The number of pyridine rings is 1. The van der Waals surface area contributed by atoms with Crippen molar-refractivity contribution in [3.63, 3.8) is 0 Å². The zero-order valence-corrected chi connectivity index (χ0v) is 10.5. The number of nitrogens with zero attached hydrogens (tertiary/aromatic N) is 4. The van der Waals surface area contributed by atoms with Crippen LogP contribution in [0.15, 0.2) is 23.1 Å². The van der Waals surface area contributed by atoms with Crippen LogP contribution in [-0.2, 0) is 19.5 Å². The normalized spacial score (nSPS) is 14.2. The fraction of sp³-hybridized carbons (Fsp3) is 0.417. The van der Waals surface area contributed by atoms with Crippen LogP contribution in [0.2, 0.25) is 0 Å². The minimum Gasteiger partial charge on any atom is -0.308 e. The van der Waals surface area contributed by atoms with Gasteiger partial charge in [-0.05, 0) is 30.5 Å². The molecule has 0 saturated heterocycles. The summed E-state index contributed by atoms with van der Waals surface area (Å²) in [7, 11) is 0. The second-order valence-electron chi connectivity index (χ2n) is 4.66. The number of nitrogens with two attached hydrogens (primary N) is 1. The molecule has 0 saturated carbocycles. The van der Waals surface area contributed by atoms with Crippen molar-refractivity contribution in [1.29, 1.82) is 0 Å². The maximum absolute atomic E-state index is 12.2. The molecule has 0 aromatic carbocycles. The summed E-state index contributed by atoms with van der Waals surface area (Å²) >= 11 is 0. The van der Waals surface area contributed by atoms with E-state index in [9.17, 15) is 4.79 Å². The standard InChI is InChI=1S/C12H16N6O/c13-15-10-7-9(4-5-14-10)8-18-12(19)17-6-2-1-3-11(17)16-18/h4-5,7H,1-3,6,8,13H2,(H,14,15). The quantitative estimate of drug-likeness (QED) is 0.604. The Hall–Kier alpha value is -2.15. The van der Waals surface area contributed by atoms with Crippen molar-refractivity contribution in [1.82, 2.24) is 19.3 Å². The van der Waals surface area contributed by atoms with Gasteiger partial charge >= 0.3 is 5.69 Å². The molecular formula is C12H16N6O.